The molecule has 5 rings (SSSR count). The van der Waals surface area contributed by atoms with Crippen LogP contribution in [0.15, 0.2) is 72.9 Å². The van der Waals surface area contributed by atoms with Crippen LogP contribution in [-0.2, 0) is 16.0 Å². The fourth-order valence-electron chi connectivity index (χ4n) is 5.74. The number of aromatic nitrogens is 1. The molecular weight excluding hydrogens is 476 g/mol. The monoisotopic (exact) mass is 512 g/mol. The zero-order chi connectivity index (χ0) is 26.5. The van der Waals surface area contributed by atoms with Gasteiger partial charge in [-0.15, -0.1) is 0 Å². The number of amides is 2. The number of ether oxygens (including phenoxy) is 1. The molecular formula is C31H36N4O3. The largest absolute Gasteiger partial charge is 0.449 e. The van der Waals surface area contributed by atoms with Gasteiger partial charge in [-0.25, -0.2) is 4.79 Å². The van der Waals surface area contributed by atoms with Gasteiger partial charge in [0.2, 0.25) is 5.91 Å². The maximum absolute atomic E-state index is 13.5. The van der Waals surface area contributed by atoms with E-state index in [9.17, 15) is 9.59 Å². The van der Waals surface area contributed by atoms with Crippen LogP contribution in [0, 0.1) is 5.92 Å². The molecule has 7 nitrogen and oxygen atoms in total. The molecule has 3 N–H and O–H groups in total. The molecule has 2 aliphatic rings. The van der Waals surface area contributed by atoms with Gasteiger partial charge >= 0.3 is 6.09 Å². The van der Waals surface area contributed by atoms with Gasteiger partial charge < -0.3 is 20.7 Å². The lowest BCUT2D eigenvalue weighted by Crippen LogP contribution is -2.61. The molecule has 2 aromatic carbocycles. The number of pyridine rings is 1. The van der Waals surface area contributed by atoms with Gasteiger partial charge in [0.05, 0.1) is 0 Å². The van der Waals surface area contributed by atoms with Gasteiger partial charge in [0, 0.05) is 29.8 Å². The second-order valence-corrected chi connectivity index (χ2v) is 10.7. The number of benzene rings is 2. The zero-order valence-electron chi connectivity index (χ0n) is 22.1. The summed E-state index contributed by atoms with van der Waals surface area (Å²) in [5, 5.41) is 9.53. The third-order valence-corrected chi connectivity index (χ3v) is 7.76. The second kappa shape index (κ2) is 11.4. The summed E-state index contributed by atoms with van der Waals surface area (Å²) >= 11 is 0. The molecule has 0 unspecified atom stereocenters. The highest BCUT2D eigenvalue weighted by atomic mass is 16.5. The number of carbonyl (C=O) groups is 2. The SMILES string of the molecule is CC(C)[C@H](NC(=O)OCC1c2ccccc2-c2ccccc21)C(=O)NC1(Cc2ccccn2)CCNCC1. The molecule has 2 heterocycles. The molecule has 198 valence electrons. The molecule has 0 spiro atoms. The van der Waals surface area contributed by atoms with E-state index in [0.717, 1.165) is 42.8 Å². The van der Waals surface area contributed by atoms with E-state index in [1.807, 2.05) is 56.3 Å². The van der Waals surface area contributed by atoms with Crippen LogP contribution in [0.2, 0.25) is 0 Å². The maximum atomic E-state index is 13.5. The van der Waals surface area contributed by atoms with Crippen molar-refractivity contribution in [2.75, 3.05) is 19.7 Å². The first kappa shape index (κ1) is 25.9. The molecule has 0 radical (unpaired) electrons. The Hall–Kier alpha value is -3.71. The van der Waals surface area contributed by atoms with Gasteiger partial charge in [-0.1, -0.05) is 68.4 Å². The normalized spacial score (nSPS) is 16.8. The summed E-state index contributed by atoms with van der Waals surface area (Å²) in [6.07, 6.45) is 3.44. The van der Waals surface area contributed by atoms with Crippen LogP contribution in [0.4, 0.5) is 4.79 Å². The summed E-state index contributed by atoms with van der Waals surface area (Å²) in [6.45, 7) is 5.71. The number of alkyl carbamates (subject to hydrolysis) is 1. The third-order valence-electron chi connectivity index (χ3n) is 7.76. The Labute approximate surface area is 224 Å². The van der Waals surface area contributed by atoms with Crippen molar-refractivity contribution in [2.45, 2.75) is 50.6 Å². The van der Waals surface area contributed by atoms with Crippen LogP contribution in [-0.4, -0.2) is 48.3 Å². The minimum atomic E-state index is -0.707. The van der Waals surface area contributed by atoms with Gasteiger partial charge in [-0.3, -0.25) is 9.78 Å². The first-order valence-corrected chi connectivity index (χ1v) is 13.5. The van der Waals surface area contributed by atoms with E-state index in [-0.39, 0.29) is 24.3 Å². The maximum Gasteiger partial charge on any atom is 0.407 e. The zero-order valence-corrected chi connectivity index (χ0v) is 22.1. The molecule has 7 heteroatoms. The standard InChI is InChI=1S/C31H36N4O3/c1-21(2)28(29(36)35-31(14-17-32-18-15-31)19-22-9-7-8-16-33-22)34-30(37)38-20-27-25-12-5-3-10-23(25)24-11-4-6-13-26(24)27/h3-13,16,21,27-28,32H,14-15,17-20H2,1-2H3,(H,34,37)(H,35,36)/t28-/m0/s1. The quantitative estimate of drug-likeness (QED) is 0.415. The number of carbonyl (C=O) groups excluding carboxylic acids is 2. The van der Waals surface area contributed by atoms with Gasteiger partial charge in [-0.05, 0) is 66.2 Å². The lowest BCUT2D eigenvalue weighted by molar-refractivity contribution is -0.126. The van der Waals surface area contributed by atoms with Gasteiger partial charge in [-0.2, -0.15) is 0 Å². The second-order valence-electron chi connectivity index (χ2n) is 10.7. The van der Waals surface area contributed by atoms with Crippen molar-refractivity contribution < 1.29 is 14.3 Å². The fraction of sp³-hybridized carbons (Fsp3) is 0.387. The molecule has 1 aliphatic carbocycles. The first-order valence-electron chi connectivity index (χ1n) is 13.5. The Morgan fingerprint density at radius 3 is 2.21 bits per heavy atom. The summed E-state index contributed by atoms with van der Waals surface area (Å²) in [7, 11) is 0. The minimum Gasteiger partial charge on any atom is -0.449 e. The van der Waals surface area contributed by atoms with Crippen LogP contribution in [0.25, 0.3) is 11.1 Å². The summed E-state index contributed by atoms with van der Waals surface area (Å²) in [6, 6.07) is 21.6. The smallest absolute Gasteiger partial charge is 0.407 e. The number of nitrogens with zero attached hydrogens (tertiary/aromatic N) is 1. The number of hydrogen-bond acceptors (Lipinski definition) is 5. The third kappa shape index (κ3) is 5.58. The molecule has 0 bridgehead atoms. The summed E-state index contributed by atoms with van der Waals surface area (Å²) in [5.41, 5.74) is 5.20. The lowest BCUT2D eigenvalue weighted by Gasteiger charge is -2.39. The number of piperidine rings is 1. The Morgan fingerprint density at radius 1 is 0.974 bits per heavy atom. The Morgan fingerprint density at radius 2 is 1.61 bits per heavy atom. The average molecular weight is 513 g/mol. The predicted octanol–water partition coefficient (Wildman–Crippen LogP) is 4.43. The van der Waals surface area contributed by atoms with Crippen LogP contribution in [0.5, 0.6) is 0 Å². The van der Waals surface area contributed by atoms with Crippen molar-refractivity contribution in [1.82, 2.24) is 20.9 Å². The Bertz CT molecular complexity index is 1230. The molecule has 3 aromatic rings. The average Bonchev–Trinajstić information content (AvgIpc) is 3.25. The first-order chi connectivity index (χ1) is 18.5. The van der Waals surface area contributed by atoms with Gasteiger partial charge in [0.15, 0.2) is 0 Å². The molecule has 1 fully saturated rings. The minimum absolute atomic E-state index is 0.0316. The van der Waals surface area contributed by atoms with Crippen molar-refractivity contribution in [3.8, 4) is 11.1 Å². The lowest BCUT2D eigenvalue weighted by atomic mass is 9.83. The van der Waals surface area contributed by atoms with Crippen molar-refractivity contribution >= 4 is 12.0 Å². The van der Waals surface area contributed by atoms with E-state index >= 15 is 0 Å². The molecule has 1 aliphatic heterocycles. The van der Waals surface area contributed by atoms with Crippen molar-refractivity contribution in [3.05, 3.63) is 89.7 Å². The topological polar surface area (TPSA) is 92.3 Å². The molecule has 1 saturated heterocycles. The van der Waals surface area contributed by atoms with E-state index < -0.39 is 17.7 Å². The molecule has 1 atom stereocenters. The molecule has 38 heavy (non-hydrogen) atoms. The Kier molecular flexibility index (Phi) is 7.74. The van der Waals surface area contributed by atoms with E-state index in [1.54, 1.807) is 6.20 Å². The van der Waals surface area contributed by atoms with Gasteiger partial charge in [0.1, 0.15) is 12.6 Å². The molecule has 2 amide bonds. The van der Waals surface area contributed by atoms with Crippen LogP contribution in [0.3, 0.4) is 0 Å². The number of rotatable bonds is 8. The van der Waals surface area contributed by atoms with Gasteiger partial charge in [0.25, 0.3) is 0 Å². The highest BCUT2D eigenvalue weighted by Gasteiger charge is 2.37. The fourth-order valence-corrected chi connectivity index (χ4v) is 5.74. The number of hydrogen-bond donors (Lipinski definition) is 3. The summed E-state index contributed by atoms with van der Waals surface area (Å²) in [4.78, 5) is 31.0. The number of nitrogens with one attached hydrogen (secondary N) is 3. The Balaban J connectivity index is 1.25. The van der Waals surface area contributed by atoms with Crippen LogP contribution >= 0.6 is 0 Å². The molecule has 1 aromatic heterocycles. The van der Waals surface area contributed by atoms with E-state index in [1.165, 1.54) is 11.1 Å². The molecule has 0 saturated carbocycles. The van der Waals surface area contributed by atoms with E-state index in [0.29, 0.717) is 6.42 Å². The van der Waals surface area contributed by atoms with Crippen molar-refractivity contribution in [3.63, 3.8) is 0 Å². The van der Waals surface area contributed by atoms with Crippen molar-refractivity contribution in [1.29, 1.82) is 0 Å². The summed E-state index contributed by atoms with van der Waals surface area (Å²) in [5.74, 6) is -0.328. The van der Waals surface area contributed by atoms with Crippen LogP contribution in [0.1, 0.15) is 49.4 Å². The predicted molar refractivity (Wildman–Crippen MR) is 148 cm³/mol. The highest BCUT2D eigenvalue weighted by Crippen LogP contribution is 2.44. The van der Waals surface area contributed by atoms with E-state index in [2.05, 4.69) is 45.2 Å². The van der Waals surface area contributed by atoms with E-state index in [4.69, 9.17) is 4.74 Å². The summed E-state index contributed by atoms with van der Waals surface area (Å²) < 4.78 is 5.73. The van der Waals surface area contributed by atoms with Crippen LogP contribution < -0.4 is 16.0 Å². The van der Waals surface area contributed by atoms with Crippen molar-refractivity contribution in [2.24, 2.45) is 5.92 Å². The number of fused-ring (bicyclic) bond motifs is 3. The highest BCUT2D eigenvalue weighted by molar-refractivity contribution is 5.86.